The van der Waals surface area contributed by atoms with Gasteiger partial charge in [-0.15, -0.1) is 0 Å². The summed E-state index contributed by atoms with van der Waals surface area (Å²) in [7, 11) is 1.69. The molecule has 1 aliphatic heterocycles. The zero-order chi connectivity index (χ0) is 21.8. The molecule has 0 N–H and O–H groups in total. The maximum Gasteiger partial charge on any atom is 0.225 e. The van der Waals surface area contributed by atoms with E-state index in [1.165, 1.54) is 5.56 Å². The Kier molecular flexibility index (Phi) is 5.81. The van der Waals surface area contributed by atoms with Gasteiger partial charge in [0.15, 0.2) is 0 Å². The van der Waals surface area contributed by atoms with Crippen molar-refractivity contribution in [2.24, 2.45) is 0 Å². The van der Waals surface area contributed by atoms with Crippen LogP contribution in [0.3, 0.4) is 0 Å². The highest BCUT2D eigenvalue weighted by atomic mass is 16.5. The van der Waals surface area contributed by atoms with E-state index in [9.17, 15) is 0 Å². The molecule has 0 aliphatic carbocycles. The highest BCUT2D eigenvalue weighted by Gasteiger charge is 2.21. The normalized spacial score (nSPS) is 14.5. The Labute approximate surface area is 187 Å². The maximum atomic E-state index is 5.33. The molecule has 1 saturated heterocycles. The lowest BCUT2D eigenvalue weighted by atomic mass is 10.1. The number of aromatic nitrogens is 4. The number of methoxy groups -OCH3 is 1. The van der Waals surface area contributed by atoms with E-state index in [1.54, 1.807) is 19.5 Å². The van der Waals surface area contributed by atoms with Crippen LogP contribution in [0.1, 0.15) is 5.56 Å². The van der Waals surface area contributed by atoms with Gasteiger partial charge in [0.05, 0.1) is 18.5 Å². The topological polar surface area (TPSA) is 59.3 Å². The third-order valence-electron chi connectivity index (χ3n) is 5.78. The first-order valence-corrected chi connectivity index (χ1v) is 10.8. The molecule has 162 valence electrons. The Balaban J connectivity index is 1.38. The number of hydrogen-bond donors (Lipinski definition) is 0. The summed E-state index contributed by atoms with van der Waals surface area (Å²) in [6.45, 7) is 4.58. The second-order valence-corrected chi connectivity index (χ2v) is 7.82. The molecule has 4 aromatic rings. The lowest BCUT2D eigenvalue weighted by Crippen LogP contribution is -2.46. The van der Waals surface area contributed by atoms with Gasteiger partial charge in [-0.25, -0.2) is 14.6 Å². The van der Waals surface area contributed by atoms with Crippen molar-refractivity contribution in [2.75, 3.05) is 38.2 Å². The second-order valence-electron chi connectivity index (χ2n) is 7.82. The van der Waals surface area contributed by atoms with E-state index in [0.717, 1.165) is 61.4 Å². The Morgan fingerprint density at radius 1 is 0.844 bits per heavy atom. The SMILES string of the molecule is COc1ccc(-c2nn(-c3ccccc3)cc2CN2CCN(c3ncccn3)CC2)cc1. The van der Waals surface area contributed by atoms with Crippen LogP contribution in [-0.4, -0.2) is 57.9 Å². The van der Waals surface area contributed by atoms with Crippen LogP contribution in [0, 0.1) is 0 Å². The van der Waals surface area contributed by atoms with Gasteiger partial charge in [-0.3, -0.25) is 4.90 Å². The Hall–Kier alpha value is -3.71. The molecule has 0 saturated carbocycles. The molecule has 1 aliphatic rings. The molecule has 7 heteroatoms. The molecule has 5 rings (SSSR count). The standard InChI is InChI=1S/C25H26N6O/c1-32-23-10-8-20(9-11-23)24-21(19-31(28-24)22-6-3-2-4-7-22)18-29-14-16-30(17-15-29)25-26-12-5-13-27-25/h2-13,19H,14-18H2,1H3. The van der Waals surface area contributed by atoms with E-state index in [2.05, 4.69) is 50.2 Å². The number of rotatable bonds is 6. The summed E-state index contributed by atoms with van der Waals surface area (Å²) in [5.74, 6) is 1.65. The number of nitrogens with zero attached hydrogens (tertiary/aromatic N) is 6. The van der Waals surface area contributed by atoms with E-state index < -0.39 is 0 Å². The van der Waals surface area contributed by atoms with Crippen molar-refractivity contribution in [1.82, 2.24) is 24.6 Å². The van der Waals surface area contributed by atoms with Gasteiger partial charge in [0, 0.05) is 62.4 Å². The average molecular weight is 427 g/mol. The minimum atomic E-state index is 0.808. The average Bonchev–Trinajstić information content (AvgIpc) is 3.29. The lowest BCUT2D eigenvalue weighted by Gasteiger charge is -2.34. The van der Waals surface area contributed by atoms with Crippen molar-refractivity contribution < 1.29 is 4.74 Å². The molecule has 7 nitrogen and oxygen atoms in total. The van der Waals surface area contributed by atoms with Crippen molar-refractivity contribution >= 4 is 5.95 Å². The number of piperazine rings is 1. The Bertz CT molecular complexity index is 1140. The van der Waals surface area contributed by atoms with Crippen LogP contribution < -0.4 is 9.64 Å². The number of benzene rings is 2. The zero-order valence-electron chi connectivity index (χ0n) is 18.1. The fourth-order valence-electron chi connectivity index (χ4n) is 4.03. The van der Waals surface area contributed by atoms with E-state index in [0.29, 0.717) is 0 Å². The van der Waals surface area contributed by atoms with Crippen molar-refractivity contribution in [2.45, 2.75) is 6.54 Å². The summed E-state index contributed by atoms with van der Waals surface area (Å²) in [6, 6.07) is 20.2. The summed E-state index contributed by atoms with van der Waals surface area (Å²) in [4.78, 5) is 13.5. The molecule has 32 heavy (non-hydrogen) atoms. The van der Waals surface area contributed by atoms with Gasteiger partial charge >= 0.3 is 0 Å². The van der Waals surface area contributed by atoms with Crippen molar-refractivity contribution in [3.05, 3.63) is 84.8 Å². The largest absolute Gasteiger partial charge is 0.497 e. The minimum absolute atomic E-state index is 0.808. The molecule has 0 amide bonds. The number of anilines is 1. The number of hydrogen-bond acceptors (Lipinski definition) is 6. The van der Waals surface area contributed by atoms with E-state index in [-0.39, 0.29) is 0 Å². The molecule has 2 aromatic carbocycles. The zero-order valence-corrected chi connectivity index (χ0v) is 18.1. The quantitative estimate of drug-likeness (QED) is 0.469. The first-order chi connectivity index (χ1) is 15.8. The minimum Gasteiger partial charge on any atom is -0.497 e. The van der Waals surface area contributed by atoms with Crippen LogP contribution in [0.25, 0.3) is 16.9 Å². The molecule has 3 heterocycles. The van der Waals surface area contributed by atoms with Gasteiger partial charge in [0.2, 0.25) is 5.95 Å². The number of ether oxygens (including phenoxy) is 1. The summed E-state index contributed by atoms with van der Waals surface area (Å²) >= 11 is 0. The van der Waals surface area contributed by atoms with E-state index in [1.807, 2.05) is 41.1 Å². The predicted octanol–water partition coefficient (Wildman–Crippen LogP) is 3.66. The Morgan fingerprint density at radius 2 is 1.56 bits per heavy atom. The van der Waals surface area contributed by atoms with Crippen LogP contribution in [0.4, 0.5) is 5.95 Å². The molecule has 0 radical (unpaired) electrons. The lowest BCUT2D eigenvalue weighted by molar-refractivity contribution is 0.249. The van der Waals surface area contributed by atoms with Crippen molar-refractivity contribution in [3.63, 3.8) is 0 Å². The smallest absolute Gasteiger partial charge is 0.225 e. The Morgan fingerprint density at radius 3 is 2.25 bits per heavy atom. The second kappa shape index (κ2) is 9.20. The fraction of sp³-hybridized carbons (Fsp3) is 0.240. The third-order valence-corrected chi connectivity index (χ3v) is 5.78. The maximum absolute atomic E-state index is 5.33. The molecule has 0 spiro atoms. The molecule has 2 aromatic heterocycles. The molecule has 0 atom stereocenters. The van der Waals surface area contributed by atoms with E-state index >= 15 is 0 Å². The van der Waals surface area contributed by atoms with Gasteiger partial charge in [-0.2, -0.15) is 5.10 Å². The van der Waals surface area contributed by atoms with Crippen molar-refractivity contribution in [1.29, 1.82) is 0 Å². The fourth-order valence-corrected chi connectivity index (χ4v) is 4.03. The molecular formula is C25H26N6O. The van der Waals surface area contributed by atoms with Gasteiger partial charge in [0.25, 0.3) is 0 Å². The molecule has 1 fully saturated rings. The first kappa shape index (κ1) is 20.2. The van der Waals surface area contributed by atoms with Gasteiger partial charge in [-0.05, 0) is 42.5 Å². The first-order valence-electron chi connectivity index (χ1n) is 10.8. The molecular weight excluding hydrogens is 400 g/mol. The van der Waals surface area contributed by atoms with Crippen LogP contribution in [0.15, 0.2) is 79.3 Å². The summed E-state index contributed by atoms with van der Waals surface area (Å²) in [6.07, 6.45) is 5.75. The van der Waals surface area contributed by atoms with Crippen LogP contribution >= 0.6 is 0 Å². The predicted molar refractivity (Wildman–Crippen MR) is 125 cm³/mol. The van der Waals surface area contributed by atoms with Crippen molar-refractivity contribution in [3.8, 4) is 22.7 Å². The van der Waals surface area contributed by atoms with Gasteiger partial charge in [0.1, 0.15) is 5.75 Å². The van der Waals surface area contributed by atoms with Crippen LogP contribution in [0.2, 0.25) is 0 Å². The summed E-state index contributed by atoms with van der Waals surface area (Å²) in [5, 5.41) is 4.95. The molecule has 0 unspecified atom stereocenters. The highest BCUT2D eigenvalue weighted by Crippen LogP contribution is 2.27. The monoisotopic (exact) mass is 426 g/mol. The summed E-state index contributed by atoms with van der Waals surface area (Å²) in [5.41, 5.74) is 4.36. The molecule has 0 bridgehead atoms. The van der Waals surface area contributed by atoms with Crippen LogP contribution in [-0.2, 0) is 6.54 Å². The van der Waals surface area contributed by atoms with Gasteiger partial charge in [-0.1, -0.05) is 18.2 Å². The third kappa shape index (κ3) is 4.33. The number of para-hydroxylation sites is 1. The van der Waals surface area contributed by atoms with E-state index in [4.69, 9.17) is 9.84 Å². The highest BCUT2D eigenvalue weighted by molar-refractivity contribution is 5.64. The van der Waals surface area contributed by atoms with Gasteiger partial charge < -0.3 is 9.64 Å². The van der Waals surface area contributed by atoms with Crippen LogP contribution in [0.5, 0.6) is 5.75 Å². The summed E-state index contributed by atoms with van der Waals surface area (Å²) < 4.78 is 7.30.